The molecule has 0 amide bonds. The zero-order valence-corrected chi connectivity index (χ0v) is 12.3. The molecular weight excluding hydrogens is 260 g/mol. The first-order valence-electron chi connectivity index (χ1n) is 6.99. The average molecular weight is 278 g/mol. The summed E-state index contributed by atoms with van der Waals surface area (Å²) in [6.07, 6.45) is 1.90. The molecule has 0 saturated heterocycles. The van der Waals surface area contributed by atoms with Crippen LogP contribution in [-0.4, -0.2) is 11.8 Å². The van der Waals surface area contributed by atoms with E-state index < -0.39 is 0 Å². The van der Waals surface area contributed by atoms with Gasteiger partial charge >= 0.3 is 0 Å². The van der Waals surface area contributed by atoms with Gasteiger partial charge in [0.15, 0.2) is 5.49 Å². The first-order valence-corrected chi connectivity index (χ1v) is 6.99. The van der Waals surface area contributed by atoms with E-state index in [-0.39, 0.29) is 0 Å². The van der Waals surface area contributed by atoms with E-state index in [9.17, 15) is 0 Å². The second-order valence-corrected chi connectivity index (χ2v) is 5.04. The molecule has 3 nitrogen and oxygen atoms in total. The van der Waals surface area contributed by atoms with E-state index in [0.29, 0.717) is 6.54 Å². The quantitative estimate of drug-likeness (QED) is 0.723. The van der Waals surface area contributed by atoms with Crippen LogP contribution in [0.15, 0.2) is 65.8 Å². The summed E-state index contributed by atoms with van der Waals surface area (Å²) in [4.78, 5) is 10.1. The molecule has 0 atom stereocenters. The van der Waals surface area contributed by atoms with Gasteiger partial charge in [0.05, 0.1) is 6.54 Å². The highest BCUT2D eigenvalue weighted by molar-refractivity contribution is 5.80. The minimum Gasteiger partial charge on any atom is -0.416 e. The van der Waals surface area contributed by atoms with Crippen LogP contribution in [0.1, 0.15) is 11.1 Å². The minimum absolute atomic E-state index is 0.637. The Hall–Kier alpha value is -2.55. The van der Waals surface area contributed by atoms with Crippen LogP contribution in [-0.2, 0) is 6.54 Å². The first kappa shape index (κ1) is 13.4. The van der Waals surface area contributed by atoms with E-state index >= 15 is 0 Å². The Kier molecular flexibility index (Phi) is 3.73. The fraction of sp³-hybridized carbons (Fsp3) is 0.167. The number of hydrogen-bond acceptors (Lipinski definition) is 2. The highest BCUT2D eigenvalue weighted by Gasteiger charge is 2.00. The van der Waals surface area contributed by atoms with Crippen molar-refractivity contribution in [2.45, 2.75) is 13.5 Å². The molecule has 0 radical (unpaired) electrons. The van der Waals surface area contributed by atoms with E-state index in [1.165, 1.54) is 11.1 Å². The normalized spacial score (nSPS) is 11.8. The molecule has 0 aliphatic rings. The highest BCUT2D eigenvalue weighted by atomic mass is 16.6. The number of benzene rings is 2. The Morgan fingerprint density at radius 3 is 2.52 bits per heavy atom. The number of aryl methyl sites for hydroxylation is 1. The molecule has 0 spiro atoms. The molecule has 0 unspecified atom stereocenters. The Morgan fingerprint density at radius 1 is 1.00 bits per heavy atom. The molecule has 2 aromatic carbocycles. The van der Waals surface area contributed by atoms with Crippen LogP contribution in [0, 0.1) is 6.92 Å². The number of rotatable bonds is 3. The maximum absolute atomic E-state index is 5.38. The van der Waals surface area contributed by atoms with Crippen LogP contribution in [0.3, 0.4) is 0 Å². The van der Waals surface area contributed by atoms with Crippen LogP contribution < -0.4 is 10.3 Å². The molecule has 0 bridgehead atoms. The Balaban J connectivity index is 2.09. The zero-order chi connectivity index (χ0) is 14.7. The maximum atomic E-state index is 5.38. The lowest BCUT2D eigenvalue weighted by atomic mass is 10.1. The standard InChI is InChI=1S/C18H18N2O/c1-14-7-9-15(10-8-14)13-19-18-17-6-4-3-5-16(17)11-12-20(18)21-2/h3-12H,13H2,1-2H3. The van der Waals surface area contributed by atoms with Crippen LogP contribution in [0.2, 0.25) is 0 Å². The number of nitrogens with zero attached hydrogens (tertiary/aromatic N) is 2. The third-order valence-corrected chi connectivity index (χ3v) is 3.53. The molecule has 0 saturated carbocycles. The van der Waals surface area contributed by atoms with E-state index in [4.69, 9.17) is 9.83 Å². The highest BCUT2D eigenvalue weighted by Crippen LogP contribution is 2.09. The van der Waals surface area contributed by atoms with Gasteiger partial charge in [0.1, 0.15) is 7.11 Å². The number of pyridine rings is 1. The second kappa shape index (κ2) is 5.83. The molecule has 1 aromatic heterocycles. The lowest BCUT2D eigenvalue weighted by Gasteiger charge is -2.08. The molecular formula is C18H18N2O. The van der Waals surface area contributed by atoms with Gasteiger partial charge in [-0.25, -0.2) is 0 Å². The summed E-state index contributed by atoms with van der Waals surface area (Å²) in [5.74, 6) is 0. The fourth-order valence-electron chi connectivity index (χ4n) is 2.35. The van der Waals surface area contributed by atoms with Crippen molar-refractivity contribution in [2.24, 2.45) is 4.99 Å². The summed E-state index contributed by atoms with van der Waals surface area (Å²) in [6.45, 7) is 2.72. The molecule has 3 aromatic rings. The predicted octanol–water partition coefficient (Wildman–Crippen LogP) is 3.11. The van der Waals surface area contributed by atoms with Crippen LogP contribution in [0.5, 0.6) is 0 Å². The van der Waals surface area contributed by atoms with Gasteiger partial charge in [-0.3, -0.25) is 4.99 Å². The third kappa shape index (κ3) is 2.82. The summed E-state index contributed by atoms with van der Waals surface area (Å²) in [7, 11) is 1.65. The van der Waals surface area contributed by atoms with Gasteiger partial charge in [-0.15, -0.1) is 0 Å². The molecule has 0 aliphatic carbocycles. The molecule has 3 heteroatoms. The second-order valence-electron chi connectivity index (χ2n) is 5.04. The number of aromatic nitrogens is 1. The van der Waals surface area contributed by atoms with Gasteiger partial charge in [-0.1, -0.05) is 54.1 Å². The summed E-state index contributed by atoms with van der Waals surface area (Å²) >= 11 is 0. The van der Waals surface area contributed by atoms with Crippen LogP contribution in [0.25, 0.3) is 10.8 Å². The van der Waals surface area contributed by atoms with Gasteiger partial charge in [-0.2, -0.15) is 4.73 Å². The van der Waals surface area contributed by atoms with Crippen molar-refractivity contribution in [2.75, 3.05) is 7.11 Å². The number of hydrogen-bond donors (Lipinski definition) is 0. The Morgan fingerprint density at radius 2 is 1.76 bits per heavy atom. The van der Waals surface area contributed by atoms with Gasteiger partial charge in [0, 0.05) is 11.6 Å². The van der Waals surface area contributed by atoms with E-state index in [0.717, 1.165) is 16.3 Å². The van der Waals surface area contributed by atoms with Crippen molar-refractivity contribution in [1.82, 2.24) is 4.73 Å². The monoisotopic (exact) mass is 278 g/mol. The largest absolute Gasteiger partial charge is 0.416 e. The first-order chi connectivity index (χ1) is 10.3. The van der Waals surface area contributed by atoms with E-state index in [1.54, 1.807) is 11.8 Å². The van der Waals surface area contributed by atoms with Gasteiger partial charge in [0.2, 0.25) is 0 Å². The number of fused-ring (bicyclic) bond motifs is 1. The molecule has 1 heterocycles. The van der Waals surface area contributed by atoms with Crippen molar-refractivity contribution < 1.29 is 4.84 Å². The van der Waals surface area contributed by atoms with Crippen molar-refractivity contribution in [3.8, 4) is 0 Å². The fourth-order valence-corrected chi connectivity index (χ4v) is 2.35. The summed E-state index contributed by atoms with van der Waals surface area (Å²) in [5, 5.41) is 2.25. The lowest BCUT2D eigenvalue weighted by Crippen LogP contribution is -2.25. The molecule has 3 rings (SSSR count). The van der Waals surface area contributed by atoms with Crippen molar-refractivity contribution in [1.29, 1.82) is 0 Å². The maximum Gasteiger partial charge on any atom is 0.171 e. The van der Waals surface area contributed by atoms with E-state index in [1.807, 2.05) is 24.4 Å². The van der Waals surface area contributed by atoms with Crippen LogP contribution in [0.4, 0.5) is 0 Å². The van der Waals surface area contributed by atoms with Crippen molar-refractivity contribution >= 4 is 10.8 Å². The smallest absolute Gasteiger partial charge is 0.171 e. The predicted molar refractivity (Wildman–Crippen MR) is 84.9 cm³/mol. The van der Waals surface area contributed by atoms with Crippen LogP contribution >= 0.6 is 0 Å². The van der Waals surface area contributed by atoms with Crippen molar-refractivity contribution in [3.05, 3.63) is 77.4 Å². The molecule has 0 aliphatic heterocycles. The summed E-state index contributed by atoms with van der Waals surface area (Å²) in [5.41, 5.74) is 3.29. The topological polar surface area (TPSA) is 26.5 Å². The lowest BCUT2D eigenvalue weighted by molar-refractivity contribution is 0.155. The molecule has 21 heavy (non-hydrogen) atoms. The Bertz CT molecular complexity index is 816. The minimum atomic E-state index is 0.637. The van der Waals surface area contributed by atoms with Gasteiger partial charge < -0.3 is 4.84 Å². The zero-order valence-electron chi connectivity index (χ0n) is 12.3. The third-order valence-electron chi connectivity index (χ3n) is 3.53. The van der Waals surface area contributed by atoms with Gasteiger partial charge in [0.25, 0.3) is 0 Å². The summed E-state index contributed by atoms with van der Waals surface area (Å²) in [6, 6.07) is 18.7. The van der Waals surface area contributed by atoms with Gasteiger partial charge in [-0.05, 0) is 23.9 Å². The SMILES string of the molecule is COn1ccc2ccccc2c1=NCc1ccc(C)cc1. The van der Waals surface area contributed by atoms with E-state index in [2.05, 4.69) is 43.3 Å². The molecule has 0 fully saturated rings. The summed E-state index contributed by atoms with van der Waals surface area (Å²) < 4.78 is 1.70. The Labute approximate surface area is 124 Å². The average Bonchev–Trinajstić information content (AvgIpc) is 2.54. The molecule has 106 valence electrons. The van der Waals surface area contributed by atoms with Crippen molar-refractivity contribution in [3.63, 3.8) is 0 Å². The molecule has 0 N–H and O–H groups in total.